The molecule has 1 aliphatic rings. The fourth-order valence-corrected chi connectivity index (χ4v) is 10.7. The summed E-state index contributed by atoms with van der Waals surface area (Å²) in [4.78, 5) is 51.5. The lowest BCUT2D eigenvalue weighted by Gasteiger charge is -2.40. The van der Waals surface area contributed by atoms with Gasteiger partial charge in [-0.05, 0) is 83.5 Å². The van der Waals surface area contributed by atoms with E-state index in [1.54, 1.807) is 0 Å². The predicted octanol–water partition coefficient (Wildman–Crippen LogP) is 19.5. The zero-order valence-electron chi connectivity index (χ0n) is 54.6. The summed E-state index contributed by atoms with van der Waals surface area (Å²) in [5.74, 6) is -3.11. The van der Waals surface area contributed by atoms with Crippen LogP contribution in [0.3, 0.4) is 0 Å². The minimum Gasteiger partial charge on any atom is -0.479 e. The second kappa shape index (κ2) is 60.7. The second-order valence-electron chi connectivity index (χ2n) is 24.1. The Bertz CT molecular complexity index is 1710. The van der Waals surface area contributed by atoms with Gasteiger partial charge in [-0.2, -0.15) is 0 Å². The molecule has 6 atom stereocenters. The monoisotopic (exact) mass is 1200 g/mol. The number of esters is 3. The standard InChI is InChI=1S/C73H128O12/c1-4-7-10-13-16-19-22-25-28-31-33-36-38-41-44-47-50-53-56-59-65(74)81-62-64(83-66(75)60-57-54-51-48-45-42-39-35-30-27-24-21-18-15-12-9-6-3)63-82-73-71(69(78)68(77)70(85-73)72(79)80)84-67(76)61-58-55-52-49-46-43-40-37-34-32-29-26-23-20-17-14-11-8-5-2/h8,11,17,20,25-26,28-29,34,37,64,68-71,73,77-78H,4-7,9-10,12-16,18-19,21-24,27,30-33,35-36,38-63H2,1-3H3,(H,79,80)/b11-8-,20-17-,28-25-,29-26-,37-34-. The van der Waals surface area contributed by atoms with E-state index in [2.05, 4.69) is 81.5 Å². The van der Waals surface area contributed by atoms with Crippen LogP contribution in [0.15, 0.2) is 60.8 Å². The summed E-state index contributed by atoms with van der Waals surface area (Å²) in [6.07, 6.45) is 64.5. The number of carboxylic acids is 1. The highest BCUT2D eigenvalue weighted by atomic mass is 16.7. The van der Waals surface area contributed by atoms with E-state index in [1.165, 1.54) is 167 Å². The molecule has 0 bridgehead atoms. The lowest BCUT2D eigenvalue weighted by atomic mass is 9.98. The summed E-state index contributed by atoms with van der Waals surface area (Å²) in [6.45, 7) is 5.94. The minimum absolute atomic E-state index is 0.0453. The third kappa shape index (κ3) is 50.0. The number of hydrogen-bond donors (Lipinski definition) is 3. The molecule has 1 heterocycles. The van der Waals surface area contributed by atoms with Crippen molar-refractivity contribution < 1.29 is 58.2 Å². The molecule has 0 aromatic rings. The van der Waals surface area contributed by atoms with Crippen molar-refractivity contribution in [2.45, 2.75) is 366 Å². The van der Waals surface area contributed by atoms with E-state index >= 15 is 0 Å². The van der Waals surface area contributed by atoms with E-state index in [0.717, 1.165) is 103 Å². The fraction of sp³-hybridized carbons (Fsp3) is 0.808. The third-order valence-electron chi connectivity index (χ3n) is 16.1. The quantitative estimate of drug-likeness (QED) is 0.0228. The Kier molecular flexibility index (Phi) is 56.7. The van der Waals surface area contributed by atoms with Crippen LogP contribution in [0.25, 0.3) is 0 Å². The molecule has 6 unspecified atom stereocenters. The van der Waals surface area contributed by atoms with Crippen molar-refractivity contribution in [3.63, 3.8) is 0 Å². The molecule has 0 amide bonds. The van der Waals surface area contributed by atoms with Crippen LogP contribution in [0.5, 0.6) is 0 Å². The number of hydrogen-bond acceptors (Lipinski definition) is 11. The molecule has 0 aliphatic carbocycles. The van der Waals surface area contributed by atoms with Gasteiger partial charge in [0.2, 0.25) is 0 Å². The Hall–Kier alpha value is -3.58. The van der Waals surface area contributed by atoms with Crippen molar-refractivity contribution in [1.29, 1.82) is 0 Å². The highest BCUT2D eigenvalue weighted by Crippen LogP contribution is 2.27. The number of aliphatic hydroxyl groups excluding tert-OH is 2. The van der Waals surface area contributed by atoms with Gasteiger partial charge in [0.1, 0.15) is 18.8 Å². The summed E-state index contributed by atoms with van der Waals surface area (Å²) in [5.41, 5.74) is 0. The van der Waals surface area contributed by atoms with Gasteiger partial charge in [-0.25, -0.2) is 4.79 Å². The number of carbonyl (C=O) groups is 4. The lowest BCUT2D eigenvalue weighted by molar-refractivity contribution is -0.301. The number of aliphatic hydroxyl groups is 2. The van der Waals surface area contributed by atoms with Crippen LogP contribution in [0.1, 0.15) is 329 Å². The van der Waals surface area contributed by atoms with E-state index in [0.29, 0.717) is 19.3 Å². The Morgan fingerprint density at radius 1 is 0.400 bits per heavy atom. The number of allylic oxidation sites excluding steroid dienone is 10. The number of unbranched alkanes of at least 4 members (excludes halogenated alkanes) is 37. The Balaban J connectivity index is 2.63. The molecule has 3 N–H and O–H groups in total. The minimum atomic E-state index is -1.91. The van der Waals surface area contributed by atoms with Crippen LogP contribution >= 0.6 is 0 Å². The molecule has 492 valence electrons. The van der Waals surface area contributed by atoms with Crippen LogP contribution in [0, 0.1) is 0 Å². The number of rotatable bonds is 61. The van der Waals surface area contributed by atoms with Gasteiger partial charge in [-0.3, -0.25) is 14.4 Å². The first kappa shape index (κ1) is 79.4. The van der Waals surface area contributed by atoms with Gasteiger partial charge in [0.05, 0.1) is 6.61 Å². The SMILES string of the molecule is CC/C=C\C/C=C\C/C=C\C/C=C\CCCCCCCCC(=O)OC1C(OCC(COC(=O)CCCCCCCCCCC/C=C\CCCCCCCC)OC(=O)CCCCCCCCCCCCCCCCCCC)OC(C(=O)O)C(O)C1O. The molecule has 1 aliphatic heterocycles. The van der Waals surface area contributed by atoms with Crippen molar-refractivity contribution in [3.05, 3.63) is 60.8 Å². The molecule has 0 radical (unpaired) electrons. The molecule has 0 aromatic heterocycles. The normalized spacial score (nSPS) is 17.8. The Labute approximate surface area is 519 Å². The maximum absolute atomic E-state index is 13.2. The summed E-state index contributed by atoms with van der Waals surface area (Å²) >= 11 is 0. The third-order valence-corrected chi connectivity index (χ3v) is 16.1. The molecule has 12 heteroatoms. The first-order chi connectivity index (χ1) is 41.6. The zero-order chi connectivity index (χ0) is 61.7. The molecule has 0 spiro atoms. The van der Waals surface area contributed by atoms with E-state index in [9.17, 15) is 34.5 Å². The number of carboxylic acid groups (broad SMARTS) is 1. The van der Waals surface area contributed by atoms with Gasteiger partial charge < -0.3 is 39.0 Å². The van der Waals surface area contributed by atoms with Crippen LogP contribution in [0.4, 0.5) is 0 Å². The van der Waals surface area contributed by atoms with Crippen molar-refractivity contribution in [3.8, 4) is 0 Å². The topological polar surface area (TPSA) is 175 Å². The molecule has 0 saturated carbocycles. The van der Waals surface area contributed by atoms with Gasteiger partial charge in [0.15, 0.2) is 24.6 Å². The molecular weight excluding hydrogens is 1070 g/mol. The van der Waals surface area contributed by atoms with Crippen LogP contribution in [-0.4, -0.2) is 89.2 Å². The van der Waals surface area contributed by atoms with E-state index in [1.807, 2.05) is 0 Å². The molecule has 12 nitrogen and oxygen atoms in total. The first-order valence-corrected chi connectivity index (χ1v) is 35.3. The van der Waals surface area contributed by atoms with Gasteiger partial charge in [0.25, 0.3) is 0 Å². The van der Waals surface area contributed by atoms with Crippen molar-refractivity contribution in [1.82, 2.24) is 0 Å². The summed E-state index contributed by atoms with van der Waals surface area (Å²) in [6, 6.07) is 0. The molecule has 0 aromatic carbocycles. The summed E-state index contributed by atoms with van der Waals surface area (Å²) in [5, 5.41) is 31.7. The highest BCUT2D eigenvalue weighted by molar-refractivity contribution is 5.74. The summed E-state index contributed by atoms with van der Waals surface area (Å²) < 4.78 is 28.6. The maximum atomic E-state index is 13.2. The highest BCUT2D eigenvalue weighted by Gasteiger charge is 2.50. The fourth-order valence-electron chi connectivity index (χ4n) is 10.7. The zero-order valence-corrected chi connectivity index (χ0v) is 54.6. The molecule has 85 heavy (non-hydrogen) atoms. The van der Waals surface area contributed by atoms with Crippen molar-refractivity contribution in [2.24, 2.45) is 0 Å². The Morgan fingerprint density at radius 2 is 0.741 bits per heavy atom. The summed E-state index contributed by atoms with van der Waals surface area (Å²) in [7, 11) is 0. The van der Waals surface area contributed by atoms with E-state index in [4.69, 9.17) is 23.7 Å². The van der Waals surface area contributed by atoms with Gasteiger partial charge in [-0.15, -0.1) is 0 Å². The number of ether oxygens (including phenoxy) is 5. The average molecular weight is 1200 g/mol. The Morgan fingerprint density at radius 3 is 1.14 bits per heavy atom. The molecule has 1 fully saturated rings. The largest absolute Gasteiger partial charge is 0.479 e. The van der Waals surface area contributed by atoms with Gasteiger partial charge in [0, 0.05) is 19.3 Å². The van der Waals surface area contributed by atoms with Crippen LogP contribution in [-0.2, 0) is 42.9 Å². The maximum Gasteiger partial charge on any atom is 0.335 e. The molecular formula is C73H128O12. The van der Waals surface area contributed by atoms with E-state index < -0.39 is 67.3 Å². The molecule has 1 rings (SSSR count). The van der Waals surface area contributed by atoms with Crippen molar-refractivity contribution in [2.75, 3.05) is 13.2 Å². The second-order valence-corrected chi connectivity index (χ2v) is 24.1. The van der Waals surface area contributed by atoms with Gasteiger partial charge >= 0.3 is 23.9 Å². The van der Waals surface area contributed by atoms with E-state index in [-0.39, 0.29) is 25.9 Å². The lowest BCUT2D eigenvalue weighted by Crippen LogP contribution is -2.61. The van der Waals surface area contributed by atoms with Crippen molar-refractivity contribution >= 4 is 23.9 Å². The number of carbonyl (C=O) groups excluding carboxylic acids is 3. The van der Waals surface area contributed by atoms with Crippen LogP contribution in [0.2, 0.25) is 0 Å². The smallest absolute Gasteiger partial charge is 0.335 e. The number of aliphatic carboxylic acids is 1. The molecule has 1 saturated heterocycles. The average Bonchev–Trinajstić information content (AvgIpc) is 2.79. The van der Waals surface area contributed by atoms with Gasteiger partial charge in [-0.1, -0.05) is 287 Å². The predicted molar refractivity (Wildman–Crippen MR) is 349 cm³/mol. The van der Waals surface area contributed by atoms with Crippen LogP contribution < -0.4 is 0 Å². The first-order valence-electron chi connectivity index (χ1n) is 35.3.